The van der Waals surface area contributed by atoms with Crippen LogP contribution in [0, 0.1) is 6.92 Å². The van der Waals surface area contributed by atoms with E-state index in [0.29, 0.717) is 24.5 Å². The summed E-state index contributed by atoms with van der Waals surface area (Å²) in [7, 11) is -7.28. The molecule has 3 rings (SSSR count). The van der Waals surface area contributed by atoms with Crippen LogP contribution in [0.4, 0.5) is 11.4 Å². The summed E-state index contributed by atoms with van der Waals surface area (Å²) in [6.45, 7) is 4.42. The van der Waals surface area contributed by atoms with E-state index in [0.717, 1.165) is 35.4 Å². The Morgan fingerprint density at radius 1 is 0.938 bits per heavy atom. The molecule has 0 saturated carbocycles. The third-order valence-corrected chi connectivity index (χ3v) is 8.61. The van der Waals surface area contributed by atoms with Crippen LogP contribution in [0.2, 0.25) is 0 Å². The largest absolute Gasteiger partial charge is 0.324 e. The molecule has 2 aromatic rings. The van der Waals surface area contributed by atoms with Gasteiger partial charge in [0, 0.05) is 18.8 Å². The van der Waals surface area contributed by atoms with E-state index in [2.05, 4.69) is 5.32 Å². The van der Waals surface area contributed by atoms with Gasteiger partial charge in [-0.15, -0.1) is 0 Å². The molecule has 1 atom stereocenters. The average Bonchev–Trinajstić information content (AvgIpc) is 2.75. The fourth-order valence-corrected chi connectivity index (χ4v) is 6.40. The van der Waals surface area contributed by atoms with Crippen molar-refractivity contribution in [3.63, 3.8) is 0 Å². The van der Waals surface area contributed by atoms with Crippen molar-refractivity contribution >= 4 is 37.3 Å². The standard InChI is InChI=1S/C22H29N3O5S2/c1-17-7-11-20(12-8-17)25(31(3,27)28)18(2)22(26)23-19-9-13-21(14-10-19)32(29,30)24-15-5-4-6-16-24/h7-14,18H,4-6,15-16H2,1-3H3,(H,23,26)/t18-/m0/s1. The number of benzene rings is 2. The van der Waals surface area contributed by atoms with Gasteiger partial charge in [-0.1, -0.05) is 24.1 Å². The second kappa shape index (κ2) is 9.60. The minimum Gasteiger partial charge on any atom is -0.324 e. The first-order valence-electron chi connectivity index (χ1n) is 10.5. The van der Waals surface area contributed by atoms with Crippen LogP contribution in [0.3, 0.4) is 0 Å². The molecular weight excluding hydrogens is 450 g/mol. The molecule has 1 amide bonds. The van der Waals surface area contributed by atoms with Crippen LogP contribution in [-0.2, 0) is 24.8 Å². The molecule has 0 bridgehead atoms. The summed E-state index contributed by atoms with van der Waals surface area (Å²) in [5.74, 6) is -0.525. The maximum absolute atomic E-state index is 12.8. The van der Waals surface area contributed by atoms with E-state index in [1.54, 1.807) is 24.3 Å². The Balaban J connectivity index is 1.76. The van der Waals surface area contributed by atoms with Crippen molar-refractivity contribution in [2.24, 2.45) is 0 Å². The summed E-state index contributed by atoms with van der Waals surface area (Å²) >= 11 is 0. The fourth-order valence-electron chi connectivity index (χ4n) is 3.71. The summed E-state index contributed by atoms with van der Waals surface area (Å²) in [6.07, 6.45) is 3.78. The predicted molar refractivity (Wildman–Crippen MR) is 126 cm³/mol. The molecule has 0 radical (unpaired) electrons. The number of carbonyl (C=O) groups excluding carboxylic acids is 1. The molecule has 0 spiro atoms. The number of nitrogens with one attached hydrogen (secondary N) is 1. The quantitative estimate of drug-likeness (QED) is 0.658. The molecule has 2 aromatic carbocycles. The Labute approximate surface area is 190 Å². The topological polar surface area (TPSA) is 104 Å². The number of rotatable bonds is 7. The van der Waals surface area contributed by atoms with E-state index in [-0.39, 0.29) is 4.90 Å². The normalized spacial score (nSPS) is 16.3. The number of anilines is 2. The van der Waals surface area contributed by atoms with E-state index in [4.69, 9.17) is 0 Å². The van der Waals surface area contributed by atoms with Crippen molar-refractivity contribution < 1.29 is 21.6 Å². The molecule has 1 aliphatic heterocycles. The van der Waals surface area contributed by atoms with E-state index >= 15 is 0 Å². The number of sulfonamides is 2. The number of hydrogen-bond donors (Lipinski definition) is 1. The second-order valence-corrected chi connectivity index (χ2v) is 11.8. The first kappa shape index (κ1) is 24.2. The lowest BCUT2D eigenvalue weighted by Crippen LogP contribution is -2.45. The highest BCUT2D eigenvalue weighted by atomic mass is 32.2. The molecule has 1 N–H and O–H groups in total. The van der Waals surface area contributed by atoms with Gasteiger partial charge in [0.2, 0.25) is 26.0 Å². The number of nitrogens with zero attached hydrogens (tertiary/aromatic N) is 2. The SMILES string of the molecule is Cc1ccc(N([C@@H](C)C(=O)Nc2ccc(S(=O)(=O)N3CCCCC3)cc2)S(C)(=O)=O)cc1. The summed E-state index contributed by atoms with van der Waals surface area (Å²) in [4.78, 5) is 13.0. The molecule has 174 valence electrons. The van der Waals surface area contributed by atoms with E-state index in [1.807, 2.05) is 6.92 Å². The minimum atomic E-state index is -3.72. The van der Waals surface area contributed by atoms with Crippen LogP contribution < -0.4 is 9.62 Å². The fraction of sp³-hybridized carbons (Fsp3) is 0.409. The zero-order valence-electron chi connectivity index (χ0n) is 18.5. The van der Waals surface area contributed by atoms with Gasteiger partial charge in [-0.3, -0.25) is 9.10 Å². The molecule has 1 fully saturated rings. The third-order valence-electron chi connectivity index (χ3n) is 5.45. The number of aryl methyl sites for hydroxylation is 1. The summed E-state index contributed by atoms with van der Waals surface area (Å²) in [6, 6.07) is 11.8. The highest BCUT2D eigenvalue weighted by Gasteiger charge is 2.29. The van der Waals surface area contributed by atoms with Crippen molar-refractivity contribution in [3.05, 3.63) is 54.1 Å². The first-order chi connectivity index (χ1) is 15.0. The van der Waals surface area contributed by atoms with Crippen LogP contribution in [0.5, 0.6) is 0 Å². The molecule has 10 heteroatoms. The van der Waals surface area contributed by atoms with Crippen molar-refractivity contribution in [1.82, 2.24) is 4.31 Å². The monoisotopic (exact) mass is 479 g/mol. The molecular formula is C22H29N3O5S2. The molecule has 0 aromatic heterocycles. The average molecular weight is 480 g/mol. The zero-order chi connectivity index (χ0) is 23.5. The van der Waals surface area contributed by atoms with Gasteiger partial charge in [0.1, 0.15) is 6.04 Å². The van der Waals surface area contributed by atoms with E-state index in [9.17, 15) is 21.6 Å². The number of hydrogen-bond acceptors (Lipinski definition) is 5. The molecule has 0 aliphatic carbocycles. The van der Waals surface area contributed by atoms with Gasteiger partial charge in [0.15, 0.2) is 0 Å². The molecule has 32 heavy (non-hydrogen) atoms. The first-order valence-corrected chi connectivity index (χ1v) is 13.8. The molecule has 1 aliphatic rings. The lowest BCUT2D eigenvalue weighted by molar-refractivity contribution is -0.116. The molecule has 0 unspecified atom stereocenters. The van der Waals surface area contributed by atoms with E-state index in [1.165, 1.54) is 35.5 Å². The number of carbonyl (C=O) groups is 1. The van der Waals surface area contributed by atoms with Crippen LogP contribution >= 0.6 is 0 Å². The Morgan fingerprint density at radius 2 is 1.50 bits per heavy atom. The molecule has 8 nitrogen and oxygen atoms in total. The summed E-state index contributed by atoms with van der Waals surface area (Å²) < 4.78 is 52.9. The number of amides is 1. The Morgan fingerprint density at radius 3 is 2.03 bits per heavy atom. The van der Waals surface area contributed by atoms with E-state index < -0.39 is 32.0 Å². The Kier molecular flexibility index (Phi) is 7.26. The smallest absolute Gasteiger partial charge is 0.247 e. The van der Waals surface area contributed by atoms with Crippen molar-refractivity contribution in [2.45, 2.75) is 44.0 Å². The van der Waals surface area contributed by atoms with Crippen LogP contribution in [-0.4, -0.2) is 52.4 Å². The lowest BCUT2D eigenvalue weighted by Gasteiger charge is -2.28. The Hall–Kier alpha value is -2.43. The zero-order valence-corrected chi connectivity index (χ0v) is 20.1. The molecule has 1 saturated heterocycles. The maximum atomic E-state index is 12.8. The Bertz CT molecular complexity index is 1160. The summed E-state index contributed by atoms with van der Waals surface area (Å²) in [5, 5.41) is 2.68. The van der Waals surface area contributed by atoms with Gasteiger partial charge in [-0.25, -0.2) is 16.8 Å². The van der Waals surface area contributed by atoms with Crippen molar-refractivity contribution in [1.29, 1.82) is 0 Å². The number of piperidine rings is 1. The van der Waals surface area contributed by atoms with Crippen LogP contribution in [0.1, 0.15) is 31.7 Å². The van der Waals surface area contributed by atoms with Crippen molar-refractivity contribution in [2.75, 3.05) is 29.0 Å². The highest BCUT2D eigenvalue weighted by Crippen LogP contribution is 2.24. The highest BCUT2D eigenvalue weighted by molar-refractivity contribution is 7.92. The van der Waals surface area contributed by atoms with Gasteiger partial charge in [-0.05, 0) is 63.1 Å². The molecule has 1 heterocycles. The van der Waals surface area contributed by atoms with Gasteiger partial charge in [0.25, 0.3) is 0 Å². The maximum Gasteiger partial charge on any atom is 0.247 e. The van der Waals surface area contributed by atoms with Gasteiger partial charge in [-0.2, -0.15) is 4.31 Å². The van der Waals surface area contributed by atoms with Gasteiger partial charge < -0.3 is 5.32 Å². The predicted octanol–water partition coefficient (Wildman–Crippen LogP) is 2.96. The van der Waals surface area contributed by atoms with Gasteiger partial charge >= 0.3 is 0 Å². The van der Waals surface area contributed by atoms with Gasteiger partial charge in [0.05, 0.1) is 16.8 Å². The lowest BCUT2D eigenvalue weighted by atomic mass is 10.2. The van der Waals surface area contributed by atoms with Crippen LogP contribution in [0.25, 0.3) is 0 Å². The van der Waals surface area contributed by atoms with Crippen molar-refractivity contribution in [3.8, 4) is 0 Å². The third kappa shape index (κ3) is 5.48. The van der Waals surface area contributed by atoms with Crippen LogP contribution in [0.15, 0.2) is 53.4 Å². The summed E-state index contributed by atoms with van der Waals surface area (Å²) in [5.41, 5.74) is 1.75. The minimum absolute atomic E-state index is 0.169. The second-order valence-electron chi connectivity index (χ2n) is 8.05.